The molecular formula is C13H26N2O3S. The molecule has 0 aliphatic heterocycles. The van der Waals surface area contributed by atoms with Crippen LogP contribution in [-0.2, 0) is 14.8 Å². The van der Waals surface area contributed by atoms with Gasteiger partial charge in [0.05, 0.1) is 6.26 Å². The number of nitrogens with zero attached hydrogens (tertiary/aromatic N) is 1. The largest absolute Gasteiger partial charge is 0.353 e. The Bertz CT molecular complexity index is 406. The Morgan fingerprint density at radius 1 is 1.26 bits per heavy atom. The van der Waals surface area contributed by atoms with Gasteiger partial charge in [-0.1, -0.05) is 12.8 Å². The first-order chi connectivity index (χ1) is 8.60. The molecule has 5 nitrogen and oxygen atoms in total. The van der Waals surface area contributed by atoms with Gasteiger partial charge in [0.2, 0.25) is 15.9 Å². The van der Waals surface area contributed by atoms with Gasteiger partial charge in [-0.3, -0.25) is 4.79 Å². The van der Waals surface area contributed by atoms with Crippen molar-refractivity contribution in [3.63, 3.8) is 0 Å². The van der Waals surface area contributed by atoms with Gasteiger partial charge in [-0.2, -0.15) is 4.31 Å². The standard InChI is InChI=1S/C13H26N2O3S/c1-13(2,3)15(19(4,17)18)10-9-12(16)14-11-7-5-6-8-11/h11H,5-10H2,1-4H3,(H,14,16). The quantitative estimate of drug-likeness (QED) is 0.834. The zero-order chi connectivity index (χ0) is 14.7. The molecule has 0 heterocycles. The molecule has 0 aromatic heterocycles. The third-order valence-electron chi connectivity index (χ3n) is 3.41. The van der Waals surface area contributed by atoms with Crippen molar-refractivity contribution in [3.05, 3.63) is 0 Å². The van der Waals surface area contributed by atoms with Crippen molar-refractivity contribution >= 4 is 15.9 Å². The summed E-state index contributed by atoms with van der Waals surface area (Å²) in [4.78, 5) is 11.8. The summed E-state index contributed by atoms with van der Waals surface area (Å²) in [5.74, 6) is -0.0511. The van der Waals surface area contributed by atoms with Crippen LogP contribution in [0.2, 0.25) is 0 Å². The Morgan fingerprint density at radius 2 is 1.79 bits per heavy atom. The number of carbonyl (C=O) groups excluding carboxylic acids is 1. The molecule has 0 unspecified atom stereocenters. The second-order valence-corrected chi connectivity index (χ2v) is 8.21. The first-order valence-corrected chi connectivity index (χ1v) is 8.73. The maximum absolute atomic E-state index is 11.8. The summed E-state index contributed by atoms with van der Waals surface area (Å²) in [6.45, 7) is 5.75. The lowest BCUT2D eigenvalue weighted by Crippen LogP contribution is -2.47. The van der Waals surface area contributed by atoms with Crippen LogP contribution in [0.4, 0.5) is 0 Å². The van der Waals surface area contributed by atoms with Crippen molar-refractivity contribution in [3.8, 4) is 0 Å². The molecule has 1 rings (SSSR count). The Hall–Kier alpha value is -0.620. The van der Waals surface area contributed by atoms with Crippen molar-refractivity contribution in [2.75, 3.05) is 12.8 Å². The first kappa shape index (κ1) is 16.4. The van der Waals surface area contributed by atoms with E-state index in [9.17, 15) is 13.2 Å². The fourth-order valence-corrected chi connectivity index (χ4v) is 3.99. The maximum Gasteiger partial charge on any atom is 0.221 e. The van der Waals surface area contributed by atoms with Gasteiger partial charge in [-0.25, -0.2) is 8.42 Å². The van der Waals surface area contributed by atoms with E-state index in [1.807, 2.05) is 20.8 Å². The summed E-state index contributed by atoms with van der Waals surface area (Å²) in [5, 5.41) is 2.98. The molecule has 1 aliphatic carbocycles. The Balaban J connectivity index is 2.50. The summed E-state index contributed by atoms with van der Waals surface area (Å²) < 4.78 is 24.8. The second kappa shape index (κ2) is 6.22. The van der Waals surface area contributed by atoms with E-state index in [4.69, 9.17) is 0 Å². The molecule has 0 spiro atoms. The van der Waals surface area contributed by atoms with E-state index in [0.29, 0.717) is 0 Å². The van der Waals surface area contributed by atoms with Crippen LogP contribution >= 0.6 is 0 Å². The van der Waals surface area contributed by atoms with Crippen LogP contribution in [0.1, 0.15) is 52.9 Å². The Labute approximate surface area is 116 Å². The molecule has 0 saturated heterocycles. The van der Waals surface area contributed by atoms with Gasteiger partial charge in [-0.05, 0) is 33.6 Å². The Kier molecular flexibility index (Phi) is 5.38. The van der Waals surface area contributed by atoms with E-state index in [2.05, 4.69) is 5.32 Å². The van der Waals surface area contributed by atoms with Crippen molar-refractivity contribution in [1.29, 1.82) is 0 Å². The molecule has 1 fully saturated rings. The minimum Gasteiger partial charge on any atom is -0.353 e. The predicted octanol–water partition coefficient (Wildman–Crippen LogP) is 1.50. The molecule has 1 aliphatic rings. The van der Waals surface area contributed by atoms with E-state index in [-0.39, 0.29) is 24.9 Å². The number of sulfonamides is 1. The number of hydrogen-bond donors (Lipinski definition) is 1. The molecule has 6 heteroatoms. The number of rotatable bonds is 5. The van der Waals surface area contributed by atoms with Gasteiger partial charge in [0, 0.05) is 24.5 Å². The molecule has 0 bridgehead atoms. The Morgan fingerprint density at radius 3 is 2.21 bits per heavy atom. The van der Waals surface area contributed by atoms with Crippen molar-refractivity contribution in [2.45, 2.75) is 64.5 Å². The van der Waals surface area contributed by atoms with Gasteiger partial charge >= 0.3 is 0 Å². The summed E-state index contributed by atoms with van der Waals surface area (Å²) in [7, 11) is -3.29. The highest BCUT2D eigenvalue weighted by molar-refractivity contribution is 7.88. The van der Waals surface area contributed by atoms with E-state index in [1.54, 1.807) is 0 Å². The predicted molar refractivity (Wildman–Crippen MR) is 76.3 cm³/mol. The monoisotopic (exact) mass is 290 g/mol. The third-order valence-corrected chi connectivity index (χ3v) is 4.94. The van der Waals surface area contributed by atoms with Crippen LogP contribution in [0.3, 0.4) is 0 Å². The zero-order valence-corrected chi connectivity index (χ0v) is 13.2. The fourth-order valence-electron chi connectivity index (χ4n) is 2.57. The van der Waals surface area contributed by atoms with Crippen LogP contribution in [0.15, 0.2) is 0 Å². The van der Waals surface area contributed by atoms with Crippen molar-refractivity contribution < 1.29 is 13.2 Å². The van der Waals surface area contributed by atoms with Crippen molar-refractivity contribution in [1.82, 2.24) is 9.62 Å². The van der Waals surface area contributed by atoms with Crippen LogP contribution in [0, 0.1) is 0 Å². The van der Waals surface area contributed by atoms with E-state index >= 15 is 0 Å². The van der Waals surface area contributed by atoms with Crippen molar-refractivity contribution in [2.24, 2.45) is 0 Å². The van der Waals surface area contributed by atoms with Gasteiger partial charge in [-0.15, -0.1) is 0 Å². The molecule has 1 N–H and O–H groups in total. The number of carbonyl (C=O) groups is 1. The number of hydrogen-bond acceptors (Lipinski definition) is 3. The summed E-state index contributed by atoms with van der Waals surface area (Å²) in [6, 6.07) is 0.286. The van der Waals surface area contributed by atoms with E-state index < -0.39 is 15.6 Å². The molecule has 19 heavy (non-hydrogen) atoms. The topological polar surface area (TPSA) is 66.5 Å². The van der Waals surface area contributed by atoms with Gasteiger partial charge in [0.25, 0.3) is 0 Å². The molecule has 112 valence electrons. The van der Waals surface area contributed by atoms with Gasteiger partial charge in [0.1, 0.15) is 0 Å². The molecule has 0 aromatic carbocycles. The molecule has 1 saturated carbocycles. The zero-order valence-electron chi connectivity index (χ0n) is 12.4. The number of amides is 1. The normalized spacial score (nSPS) is 17.9. The number of nitrogens with one attached hydrogen (secondary N) is 1. The minimum atomic E-state index is -3.29. The molecular weight excluding hydrogens is 264 g/mol. The van der Waals surface area contributed by atoms with Crippen LogP contribution < -0.4 is 5.32 Å². The average Bonchev–Trinajstić information content (AvgIpc) is 2.65. The lowest BCUT2D eigenvalue weighted by Gasteiger charge is -2.33. The maximum atomic E-state index is 11.8. The molecule has 1 amide bonds. The highest BCUT2D eigenvalue weighted by atomic mass is 32.2. The SMILES string of the molecule is CC(C)(C)N(CCC(=O)NC1CCCC1)S(C)(=O)=O. The lowest BCUT2D eigenvalue weighted by atomic mass is 10.1. The highest BCUT2D eigenvalue weighted by Gasteiger charge is 2.29. The summed E-state index contributed by atoms with van der Waals surface area (Å²) in [5.41, 5.74) is -0.499. The smallest absolute Gasteiger partial charge is 0.221 e. The van der Waals surface area contributed by atoms with Crippen LogP contribution in [0.25, 0.3) is 0 Å². The third kappa shape index (κ3) is 5.48. The first-order valence-electron chi connectivity index (χ1n) is 6.88. The van der Waals surface area contributed by atoms with E-state index in [1.165, 1.54) is 23.4 Å². The fraction of sp³-hybridized carbons (Fsp3) is 0.923. The molecule has 0 aromatic rings. The lowest BCUT2D eigenvalue weighted by molar-refractivity contribution is -0.122. The minimum absolute atomic E-state index is 0.0511. The summed E-state index contributed by atoms with van der Waals surface area (Å²) >= 11 is 0. The molecule has 0 atom stereocenters. The summed E-state index contributed by atoms with van der Waals surface area (Å²) in [6.07, 6.45) is 5.83. The average molecular weight is 290 g/mol. The van der Waals surface area contributed by atoms with Crippen LogP contribution in [0.5, 0.6) is 0 Å². The molecule has 0 radical (unpaired) electrons. The van der Waals surface area contributed by atoms with E-state index in [0.717, 1.165) is 12.8 Å². The van der Waals surface area contributed by atoms with Gasteiger partial charge in [0.15, 0.2) is 0 Å². The van der Waals surface area contributed by atoms with Gasteiger partial charge < -0.3 is 5.32 Å². The van der Waals surface area contributed by atoms with Crippen LogP contribution in [-0.4, -0.2) is 43.0 Å². The second-order valence-electron chi connectivity index (χ2n) is 6.30. The highest BCUT2D eigenvalue weighted by Crippen LogP contribution is 2.19.